The fourth-order valence-electron chi connectivity index (χ4n) is 3.60. The molecule has 130 valence electrons. The Morgan fingerprint density at radius 3 is 2.42 bits per heavy atom. The molecular weight excluding hydrogens is 304 g/mol. The lowest BCUT2D eigenvalue weighted by Gasteiger charge is -2.28. The fourth-order valence-corrected chi connectivity index (χ4v) is 3.60. The van der Waals surface area contributed by atoms with Gasteiger partial charge >= 0.3 is 0 Å². The minimum atomic E-state index is -0.387. The van der Waals surface area contributed by atoms with Crippen LogP contribution in [0.15, 0.2) is 24.3 Å². The van der Waals surface area contributed by atoms with Crippen molar-refractivity contribution in [1.29, 1.82) is 0 Å². The number of amides is 2. The lowest BCUT2D eigenvalue weighted by atomic mass is 9.87. The fraction of sp³-hybridized carbons (Fsp3) is 0.579. The van der Waals surface area contributed by atoms with E-state index in [1.54, 1.807) is 24.3 Å². The molecule has 1 saturated carbocycles. The van der Waals surface area contributed by atoms with Crippen molar-refractivity contribution in [3.05, 3.63) is 24.3 Å². The number of benzene rings is 1. The smallest absolute Gasteiger partial charge is 0.251 e. The van der Waals surface area contributed by atoms with Gasteiger partial charge in [0.25, 0.3) is 5.91 Å². The molecule has 1 aromatic carbocycles. The molecule has 2 aliphatic rings. The second-order valence-electron chi connectivity index (χ2n) is 6.87. The van der Waals surface area contributed by atoms with Crippen LogP contribution in [0.25, 0.3) is 0 Å². The first-order valence-electron chi connectivity index (χ1n) is 8.94. The summed E-state index contributed by atoms with van der Waals surface area (Å²) >= 11 is 0. The molecule has 1 aliphatic carbocycles. The molecule has 2 fully saturated rings. The van der Waals surface area contributed by atoms with Crippen LogP contribution < -0.4 is 15.0 Å². The number of ether oxygens (including phenoxy) is 1. The SMILES string of the molecule is CCOc1ccc(N2C(=O)C[C@@H](NC3CCC(C)CC3)C2=O)cc1. The van der Waals surface area contributed by atoms with Gasteiger partial charge in [0, 0.05) is 6.04 Å². The number of nitrogens with one attached hydrogen (secondary N) is 1. The zero-order chi connectivity index (χ0) is 17.1. The summed E-state index contributed by atoms with van der Waals surface area (Å²) in [7, 11) is 0. The molecule has 1 atom stereocenters. The number of anilines is 1. The summed E-state index contributed by atoms with van der Waals surface area (Å²) in [6, 6.07) is 7.09. The van der Waals surface area contributed by atoms with Crippen LogP contribution >= 0.6 is 0 Å². The highest BCUT2D eigenvalue weighted by atomic mass is 16.5. The maximum atomic E-state index is 12.7. The van der Waals surface area contributed by atoms with Gasteiger partial charge in [0.05, 0.1) is 24.8 Å². The van der Waals surface area contributed by atoms with Gasteiger partial charge in [-0.25, -0.2) is 4.90 Å². The Balaban J connectivity index is 1.65. The summed E-state index contributed by atoms with van der Waals surface area (Å²) in [5.74, 6) is 1.24. The predicted molar refractivity (Wildman–Crippen MR) is 93.1 cm³/mol. The molecule has 1 saturated heterocycles. The first-order chi connectivity index (χ1) is 11.6. The third-order valence-electron chi connectivity index (χ3n) is 5.01. The molecule has 0 aromatic heterocycles. The predicted octanol–water partition coefficient (Wildman–Crippen LogP) is 2.89. The van der Waals surface area contributed by atoms with Crippen LogP contribution in [-0.4, -0.2) is 30.5 Å². The van der Waals surface area contributed by atoms with Gasteiger partial charge in [0.15, 0.2) is 0 Å². The van der Waals surface area contributed by atoms with Gasteiger partial charge < -0.3 is 10.1 Å². The average Bonchev–Trinajstić information content (AvgIpc) is 2.85. The van der Waals surface area contributed by atoms with E-state index in [9.17, 15) is 9.59 Å². The van der Waals surface area contributed by atoms with Crippen LogP contribution in [0.2, 0.25) is 0 Å². The Kier molecular flexibility index (Phi) is 5.19. The Morgan fingerprint density at radius 1 is 1.12 bits per heavy atom. The van der Waals surface area contributed by atoms with E-state index in [2.05, 4.69) is 12.2 Å². The Hall–Kier alpha value is -1.88. The van der Waals surface area contributed by atoms with E-state index in [0.717, 1.165) is 24.5 Å². The molecule has 0 bridgehead atoms. The molecule has 5 heteroatoms. The topological polar surface area (TPSA) is 58.6 Å². The van der Waals surface area contributed by atoms with Gasteiger partial charge in [-0.15, -0.1) is 0 Å². The van der Waals surface area contributed by atoms with Gasteiger partial charge in [-0.1, -0.05) is 6.92 Å². The van der Waals surface area contributed by atoms with E-state index in [4.69, 9.17) is 4.74 Å². The number of hydrogen-bond acceptors (Lipinski definition) is 4. The largest absolute Gasteiger partial charge is 0.494 e. The lowest BCUT2D eigenvalue weighted by Crippen LogP contribution is -2.45. The van der Waals surface area contributed by atoms with Crippen molar-refractivity contribution in [2.45, 2.75) is 58.0 Å². The first-order valence-corrected chi connectivity index (χ1v) is 8.94. The highest BCUT2D eigenvalue weighted by Crippen LogP contribution is 2.28. The molecule has 2 amide bonds. The van der Waals surface area contributed by atoms with Crippen molar-refractivity contribution in [2.75, 3.05) is 11.5 Å². The maximum absolute atomic E-state index is 12.7. The summed E-state index contributed by atoms with van der Waals surface area (Å²) in [5.41, 5.74) is 0.620. The molecule has 1 N–H and O–H groups in total. The van der Waals surface area contributed by atoms with Gasteiger partial charge in [0.1, 0.15) is 5.75 Å². The number of rotatable bonds is 5. The third kappa shape index (κ3) is 3.61. The van der Waals surface area contributed by atoms with Crippen molar-refractivity contribution in [3.63, 3.8) is 0 Å². The Morgan fingerprint density at radius 2 is 1.79 bits per heavy atom. The lowest BCUT2D eigenvalue weighted by molar-refractivity contribution is -0.121. The molecule has 0 radical (unpaired) electrons. The number of imide groups is 1. The zero-order valence-electron chi connectivity index (χ0n) is 14.5. The van der Waals surface area contributed by atoms with Crippen molar-refractivity contribution in [3.8, 4) is 5.75 Å². The number of carbonyl (C=O) groups excluding carboxylic acids is 2. The molecule has 0 unspecified atom stereocenters. The average molecular weight is 330 g/mol. The Bertz CT molecular complexity index is 591. The normalized spacial score (nSPS) is 27.6. The number of carbonyl (C=O) groups is 2. The van der Waals surface area contributed by atoms with E-state index in [1.807, 2.05) is 6.92 Å². The molecule has 24 heavy (non-hydrogen) atoms. The summed E-state index contributed by atoms with van der Waals surface area (Å²) < 4.78 is 5.41. The van der Waals surface area contributed by atoms with E-state index in [-0.39, 0.29) is 24.3 Å². The van der Waals surface area contributed by atoms with E-state index in [1.165, 1.54) is 17.7 Å². The maximum Gasteiger partial charge on any atom is 0.251 e. The van der Waals surface area contributed by atoms with Gasteiger partial charge in [-0.05, 0) is 62.8 Å². The van der Waals surface area contributed by atoms with E-state index < -0.39 is 0 Å². The minimum Gasteiger partial charge on any atom is -0.494 e. The summed E-state index contributed by atoms with van der Waals surface area (Å²) in [4.78, 5) is 26.3. The van der Waals surface area contributed by atoms with Gasteiger partial charge in [-0.2, -0.15) is 0 Å². The molecule has 3 rings (SSSR count). The summed E-state index contributed by atoms with van der Waals surface area (Å²) in [6.07, 6.45) is 4.80. The van der Waals surface area contributed by atoms with Crippen LogP contribution in [0.5, 0.6) is 5.75 Å². The van der Waals surface area contributed by atoms with Gasteiger partial charge in [-0.3, -0.25) is 9.59 Å². The molecule has 1 aromatic rings. The second-order valence-corrected chi connectivity index (χ2v) is 6.87. The number of hydrogen-bond donors (Lipinski definition) is 1. The standard InChI is InChI=1S/C19H26N2O3/c1-3-24-16-10-8-15(9-11-16)21-18(22)12-17(19(21)23)20-14-6-4-13(2)5-7-14/h8-11,13-14,17,20H,3-7,12H2,1-2H3/t13?,14?,17-/m1/s1. The Labute approximate surface area is 143 Å². The van der Waals surface area contributed by atoms with Gasteiger partial charge in [0.2, 0.25) is 5.91 Å². The van der Waals surface area contributed by atoms with E-state index in [0.29, 0.717) is 18.3 Å². The summed E-state index contributed by atoms with van der Waals surface area (Å²) in [6.45, 7) is 4.78. The quantitative estimate of drug-likeness (QED) is 0.844. The third-order valence-corrected chi connectivity index (χ3v) is 5.01. The highest BCUT2D eigenvalue weighted by Gasteiger charge is 2.40. The van der Waals surface area contributed by atoms with E-state index >= 15 is 0 Å². The van der Waals surface area contributed by atoms with Crippen LogP contribution in [0.1, 0.15) is 46.0 Å². The van der Waals surface area contributed by atoms with Crippen LogP contribution in [0, 0.1) is 5.92 Å². The zero-order valence-corrected chi connectivity index (χ0v) is 14.5. The highest BCUT2D eigenvalue weighted by molar-refractivity contribution is 6.22. The van der Waals surface area contributed by atoms with Crippen molar-refractivity contribution < 1.29 is 14.3 Å². The second kappa shape index (κ2) is 7.34. The van der Waals surface area contributed by atoms with Crippen LogP contribution in [0.4, 0.5) is 5.69 Å². The molecule has 1 aliphatic heterocycles. The molecule has 5 nitrogen and oxygen atoms in total. The molecular formula is C19H26N2O3. The molecule has 1 heterocycles. The first kappa shape index (κ1) is 17.0. The summed E-state index contributed by atoms with van der Waals surface area (Å²) in [5, 5.41) is 3.41. The van der Waals surface area contributed by atoms with Crippen molar-refractivity contribution >= 4 is 17.5 Å². The van der Waals surface area contributed by atoms with Crippen molar-refractivity contribution in [2.24, 2.45) is 5.92 Å². The van der Waals surface area contributed by atoms with Crippen LogP contribution in [0.3, 0.4) is 0 Å². The van der Waals surface area contributed by atoms with Crippen molar-refractivity contribution in [1.82, 2.24) is 5.32 Å². The number of nitrogens with zero attached hydrogens (tertiary/aromatic N) is 1. The molecule has 0 spiro atoms. The minimum absolute atomic E-state index is 0.133. The van der Waals surface area contributed by atoms with Crippen LogP contribution in [-0.2, 0) is 9.59 Å². The monoisotopic (exact) mass is 330 g/mol.